The number of fused-ring (bicyclic) bond motifs is 1. The Morgan fingerprint density at radius 1 is 1.45 bits per heavy atom. The van der Waals surface area contributed by atoms with E-state index in [4.69, 9.17) is 0 Å². The second-order valence-electron chi connectivity index (χ2n) is 5.63. The zero-order chi connectivity index (χ0) is 14.3. The first-order valence-electron chi connectivity index (χ1n) is 6.66. The lowest BCUT2D eigenvalue weighted by Crippen LogP contribution is -2.37. The number of likely N-dealkylation sites (tertiary alicyclic amines) is 1. The van der Waals surface area contributed by atoms with Crippen LogP contribution in [0.25, 0.3) is 0 Å². The van der Waals surface area contributed by atoms with Crippen molar-refractivity contribution in [3.63, 3.8) is 0 Å². The number of carbonyl (C=O) groups is 2. The first-order valence-corrected chi connectivity index (χ1v) is 6.66. The summed E-state index contributed by atoms with van der Waals surface area (Å²) in [5, 5.41) is 9.48. The summed E-state index contributed by atoms with van der Waals surface area (Å²) in [6, 6.07) is 1.14. The molecule has 6 heteroatoms. The van der Waals surface area contributed by atoms with Crippen molar-refractivity contribution >= 4 is 11.9 Å². The van der Waals surface area contributed by atoms with E-state index >= 15 is 0 Å². The van der Waals surface area contributed by atoms with Crippen LogP contribution in [0.1, 0.15) is 29.6 Å². The molecule has 106 valence electrons. The summed E-state index contributed by atoms with van der Waals surface area (Å²) in [4.78, 5) is 29.1. The number of rotatable bonds is 2. The molecule has 0 radical (unpaired) electrons. The second-order valence-corrected chi connectivity index (χ2v) is 5.63. The van der Waals surface area contributed by atoms with E-state index in [2.05, 4.69) is 4.98 Å². The number of amides is 1. The lowest BCUT2D eigenvalue weighted by molar-refractivity contribution is -0.149. The number of carboxylic acid groups (broad SMARTS) is 1. The maximum absolute atomic E-state index is 13.1. The van der Waals surface area contributed by atoms with Gasteiger partial charge in [0.2, 0.25) is 0 Å². The second kappa shape index (κ2) is 4.54. The van der Waals surface area contributed by atoms with Crippen molar-refractivity contribution in [1.82, 2.24) is 9.88 Å². The van der Waals surface area contributed by atoms with Gasteiger partial charge in [0.05, 0.1) is 17.2 Å². The van der Waals surface area contributed by atoms with Gasteiger partial charge in [0.1, 0.15) is 5.82 Å². The van der Waals surface area contributed by atoms with Crippen LogP contribution in [-0.2, 0) is 4.79 Å². The average molecular weight is 278 g/mol. The first kappa shape index (κ1) is 13.0. The molecule has 1 aromatic rings. The van der Waals surface area contributed by atoms with E-state index in [1.54, 1.807) is 0 Å². The molecule has 1 N–H and O–H groups in total. The number of hydrogen-bond donors (Lipinski definition) is 1. The van der Waals surface area contributed by atoms with Gasteiger partial charge >= 0.3 is 5.97 Å². The molecule has 2 fully saturated rings. The highest BCUT2D eigenvalue weighted by atomic mass is 19.1. The summed E-state index contributed by atoms with van der Waals surface area (Å²) in [5.74, 6) is -1.73. The third-order valence-electron chi connectivity index (χ3n) is 4.54. The molecule has 1 aromatic heterocycles. The van der Waals surface area contributed by atoms with Crippen LogP contribution in [0.2, 0.25) is 0 Å². The number of carboxylic acids is 1. The van der Waals surface area contributed by atoms with Gasteiger partial charge in [0.25, 0.3) is 5.91 Å². The van der Waals surface area contributed by atoms with E-state index in [1.165, 1.54) is 11.1 Å². The topological polar surface area (TPSA) is 70.5 Å². The molecule has 1 saturated carbocycles. The van der Waals surface area contributed by atoms with Crippen LogP contribution < -0.4 is 0 Å². The summed E-state index contributed by atoms with van der Waals surface area (Å²) in [5.41, 5.74) is -0.637. The summed E-state index contributed by atoms with van der Waals surface area (Å²) < 4.78 is 13.1. The van der Waals surface area contributed by atoms with Gasteiger partial charge in [0.15, 0.2) is 0 Å². The Bertz CT molecular complexity index is 577. The van der Waals surface area contributed by atoms with Crippen molar-refractivity contribution in [1.29, 1.82) is 0 Å². The number of aliphatic carboxylic acids is 1. The highest BCUT2D eigenvalue weighted by Crippen LogP contribution is 2.49. The molecule has 2 aliphatic rings. The Kier molecular flexibility index (Phi) is 2.96. The SMILES string of the molecule is O=C(c1cncc(F)c1)N1C[C@@H]2CCC[C@@]2(C(=O)O)C1. The van der Waals surface area contributed by atoms with Gasteiger partial charge in [-0.2, -0.15) is 0 Å². The van der Waals surface area contributed by atoms with E-state index in [0.29, 0.717) is 13.0 Å². The number of aromatic nitrogens is 1. The third-order valence-corrected chi connectivity index (χ3v) is 4.54. The molecule has 0 unspecified atom stereocenters. The fourth-order valence-corrected chi connectivity index (χ4v) is 3.50. The first-order chi connectivity index (χ1) is 9.53. The molecule has 20 heavy (non-hydrogen) atoms. The molecule has 0 aromatic carbocycles. The normalized spacial score (nSPS) is 28.4. The van der Waals surface area contributed by atoms with Gasteiger partial charge in [-0.25, -0.2) is 4.39 Å². The molecule has 0 bridgehead atoms. The minimum absolute atomic E-state index is 0.00506. The van der Waals surface area contributed by atoms with E-state index in [0.717, 1.165) is 25.1 Å². The number of nitrogens with zero attached hydrogens (tertiary/aromatic N) is 2. The van der Waals surface area contributed by atoms with Crippen LogP contribution in [0.3, 0.4) is 0 Å². The number of pyridine rings is 1. The Balaban J connectivity index is 1.84. The van der Waals surface area contributed by atoms with Gasteiger partial charge in [-0.15, -0.1) is 0 Å². The van der Waals surface area contributed by atoms with Crippen molar-refractivity contribution < 1.29 is 19.1 Å². The minimum Gasteiger partial charge on any atom is -0.481 e. The molecule has 5 nitrogen and oxygen atoms in total. The molecule has 0 spiro atoms. The van der Waals surface area contributed by atoms with Gasteiger partial charge in [-0.05, 0) is 24.8 Å². The predicted octanol–water partition coefficient (Wildman–Crippen LogP) is 1.55. The molecule has 2 atom stereocenters. The highest BCUT2D eigenvalue weighted by molar-refractivity contribution is 5.95. The Morgan fingerprint density at radius 3 is 2.90 bits per heavy atom. The molecule has 1 aliphatic heterocycles. The quantitative estimate of drug-likeness (QED) is 0.891. The molecule has 2 heterocycles. The van der Waals surface area contributed by atoms with Crippen LogP contribution >= 0.6 is 0 Å². The number of carbonyl (C=O) groups excluding carboxylic acids is 1. The van der Waals surface area contributed by atoms with Crippen molar-refractivity contribution in [3.8, 4) is 0 Å². The predicted molar refractivity (Wildman–Crippen MR) is 67.5 cm³/mol. The molecular weight excluding hydrogens is 263 g/mol. The molecule has 1 saturated heterocycles. The van der Waals surface area contributed by atoms with E-state index in [-0.39, 0.29) is 23.9 Å². The van der Waals surface area contributed by atoms with Crippen LogP contribution in [0.5, 0.6) is 0 Å². The monoisotopic (exact) mass is 278 g/mol. The maximum atomic E-state index is 13.1. The average Bonchev–Trinajstić information content (AvgIpc) is 2.95. The smallest absolute Gasteiger partial charge is 0.311 e. The van der Waals surface area contributed by atoms with E-state index in [9.17, 15) is 19.1 Å². The number of hydrogen-bond acceptors (Lipinski definition) is 3. The molecule has 1 aliphatic carbocycles. The van der Waals surface area contributed by atoms with Gasteiger partial charge in [-0.1, -0.05) is 6.42 Å². The Labute approximate surface area is 115 Å². The molecule has 1 amide bonds. The zero-order valence-corrected chi connectivity index (χ0v) is 10.9. The highest BCUT2D eigenvalue weighted by Gasteiger charge is 2.55. The van der Waals surface area contributed by atoms with Crippen molar-refractivity contribution in [3.05, 3.63) is 29.8 Å². The fraction of sp³-hybridized carbons (Fsp3) is 0.500. The molecule has 3 rings (SSSR count). The van der Waals surface area contributed by atoms with E-state index < -0.39 is 17.2 Å². The van der Waals surface area contributed by atoms with Crippen LogP contribution in [0.4, 0.5) is 4.39 Å². The summed E-state index contributed by atoms with van der Waals surface area (Å²) in [6.45, 7) is 0.643. The lowest BCUT2D eigenvalue weighted by atomic mass is 9.81. The lowest BCUT2D eigenvalue weighted by Gasteiger charge is -2.23. The third kappa shape index (κ3) is 1.87. The summed E-state index contributed by atoms with van der Waals surface area (Å²) in [7, 11) is 0. The summed E-state index contributed by atoms with van der Waals surface area (Å²) >= 11 is 0. The van der Waals surface area contributed by atoms with Gasteiger partial charge in [-0.3, -0.25) is 14.6 Å². The van der Waals surface area contributed by atoms with Crippen molar-refractivity contribution in [2.24, 2.45) is 11.3 Å². The van der Waals surface area contributed by atoms with E-state index in [1.807, 2.05) is 0 Å². The van der Waals surface area contributed by atoms with Crippen molar-refractivity contribution in [2.75, 3.05) is 13.1 Å². The minimum atomic E-state index is -0.826. The fourth-order valence-electron chi connectivity index (χ4n) is 3.50. The standard InChI is InChI=1S/C14H15FN2O3/c15-11-4-9(5-16-6-11)12(18)17-7-10-2-1-3-14(10,8-17)13(19)20/h4-6,10H,1-3,7-8H2,(H,19,20)/t10-,14+/m0/s1. The largest absolute Gasteiger partial charge is 0.481 e. The Morgan fingerprint density at radius 2 is 2.25 bits per heavy atom. The Hall–Kier alpha value is -1.98. The van der Waals surface area contributed by atoms with Gasteiger partial charge < -0.3 is 10.0 Å². The molecular formula is C14H15FN2O3. The zero-order valence-electron chi connectivity index (χ0n) is 10.9. The van der Waals surface area contributed by atoms with Crippen LogP contribution in [-0.4, -0.2) is 40.0 Å². The van der Waals surface area contributed by atoms with Crippen LogP contribution in [0.15, 0.2) is 18.5 Å². The van der Waals surface area contributed by atoms with Crippen molar-refractivity contribution in [2.45, 2.75) is 19.3 Å². The van der Waals surface area contributed by atoms with Gasteiger partial charge in [0, 0.05) is 19.3 Å². The summed E-state index contributed by atoms with van der Waals surface area (Å²) in [6.07, 6.45) is 4.68. The maximum Gasteiger partial charge on any atom is 0.311 e. The number of halogens is 1. The van der Waals surface area contributed by atoms with Crippen LogP contribution in [0, 0.1) is 17.2 Å².